The molecule has 5 nitrogen and oxygen atoms in total. The van der Waals surface area contributed by atoms with E-state index in [9.17, 15) is 9.59 Å². The summed E-state index contributed by atoms with van der Waals surface area (Å²) in [7, 11) is 0. The summed E-state index contributed by atoms with van der Waals surface area (Å²) in [5.41, 5.74) is 6.26. The number of rotatable bonds is 8. The van der Waals surface area contributed by atoms with Gasteiger partial charge in [-0.1, -0.05) is 13.8 Å². The van der Waals surface area contributed by atoms with Gasteiger partial charge in [-0.05, 0) is 44.0 Å². The van der Waals surface area contributed by atoms with Gasteiger partial charge in [0.1, 0.15) is 0 Å². The Morgan fingerprint density at radius 3 is 2.22 bits per heavy atom. The quantitative estimate of drug-likeness (QED) is 0.637. The highest BCUT2D eigenvalue weighted by Crippen LogP contribution is 2.25. The molecule has 6 heteroatoms. The predicted octanol–water partition coefficient (Wildman–Crippen LogP) is 2.76. The zero-order valence-corrected chi connectivity index (χ0v) is 15.1. The Labute approximate surface area is 142 Å². The van der Waals surface area contributed by atoms with Gasteiger partial charge in [-0.3, -0.25) is 9.59 Å². The van der Waals surface area contributed by atoms with Crippen LogP contribution in [0.4, 0.5) is 5.69 Å². The largest absolute Gasteiger partial charge is 0.348 e. The van der Waals surface area contributed by atoms with Crippen molar-refractivity contribution in [2.24, 2.45) is 5.73 Å². The van der Waals surface area contributed by atoms with Crippen molar-refractivity contribution in [3.05, 3.63) is 24.3 Å². The molecule has 0 aliphatic heterocycles. The molecule has 0 saturated carbocycles. The smallest absolute Gasteiger partial charge is 0.233 e. The first kappa shape index (κ1) is 19.5. The first-order valence-electron chi connectivity index (χ1n) is 7.92. The number of thioether (sulfide) groups is 1. The summed E-state index contributed by atoms with van der Waals surface area (Å²) in [5, 5.41) is 5.60. The second-order valence-electron chi connectivity index (χ2n) is 5.65. The number of carbonyl (C=O) groups excluding carboxylic acids is 2. The first-order chi connectivity index (χ1) is 10.9. The van der Waals surface area contributed by atoms with Gasteiger partial charge >= 0.3 is 0 Å². The standard InChI is InChI=1S/C17H27N3O2S/c1-5-17(6-2,11-18)20-16(22)12(3)23-15-9-7-14(8-10-15)19-13(4)21/h7-10,12H,5-6,11,18H2,1-4H3,(H,19,21)(H,20,22). The Morgan fingerprint density at radius 2 is 1.78 bits per heavy atom. The third-order valence-corrected chi connectivity index (χ3v) is 5.10. The number of carbonyl (C=O) groups is 2. The van der Waals surface area contributed by atoms with Crippen LogP contribution in [0.25, 0.3) is 0 Å². The molecule has 0 bridgehead atoms. The Bertz CT molecular complexity index is 519. The molecule has 0 aliphatic rings. The predicted molar refractivity (Wildman–Crippen MR) is 96.6 cm³/mol. The third kappa shape index (κ3) is 5.88. The first-order valence-corrected chi connectivity index (χ1v) is 8.80. The highest BCUT2D eigenvalue weighted by molar-refractivity contribution is 8.00. The van der Waals surface area contributed by atoms with E-state index >= 15 is 0 Å². The summed E-state index contributed by atoms with van der Waals surface area (Å²) >= 11 is 1.49. The molecular formula is C17H27N3O2S. The van der Waals surface area contributed by atoms with Gasteiger partial charge in [0.25, 0.3) is 0 Å². The van der Waals surface area contributed by atoms with E-state index in [1.807, 2.05) is 45.0 Å². The molecule has 1 atom stereocenters. The minimum absolute atomic E-state index is 0.00455. The molecule has 0 aliphatic carbocycles. The van der Waals surface area contributed by atoms with E-state index < -0.39 is 0 Å². The molecule has 128 valence electrons. The fourth-order valence-electron chi connectivity index (χ4n) is 2.21. The maximum Gasteiger partial charge on any atom is 0.233 e. The van der Waals surface area contributed by atoms with Gasteiger partial charge in [0.05, 0.1) is 10.8 Å². The molecule has 4 N–H and O–H groups in total. The SMILES string of the molecule is CCC(CC)(CN)NC(=O)C(C)Sc1ccc(NC(C)=O)cc1. The number of amides is 2. The molecule has 1 aromatic carbocycles. The monoisotopic (exact) mass is 337 g/mol. The minimum atomic E-state index is -0.318. The van der Waals surface area contributed by atoms with Crippen molar-refractivity contribution in [2.45, 2.75) is 56.2 Å². The number of hydrogen-bond donors (Lipinski definition) is 3. The molecule has 0 fully saturated rings. The Hall–Kier alpha value is -1.53. The summed E-state index contributed by atoms with van der Waals surface area (Å²) in [6.07, 6.45) is 1.63. The summed E-state index contributed by atoms with van der Waals surface area (Å²) in [6.45, 7) is 7.87. The second kappa shape index (κ2) is 8.93. The highest BCUT2D eigenvalue weighted by Gasteiger charge is 2.28. The van der Waals surface area contributed by atoms with Gasteiger partial charge in [-0.25, -0.2) is 0 Å². The van der Waals surface area contributed by atoms with E-state index in [1.54, 1.807) is 0 Å². The molecule has 0 heterocycles. The Morgan fingerprint density at radius 1 is 1.22 bits per heavy atom. The number of nitrogens with two attached hydrogens (primary N) is 1. The summed E-state index contributed by atoms with van der Waals surface area (Å²) in [5.74, 6) is -0.106. The number of benzene rings is 1. The van der Waals surface area contributed by atoms with Gasteiger partial charge in [-0.2, -0.15) is 0 Å². The van der Waals surface area contributed by atoms with Crippen LogP contribution in [0, 0.1) is 0 Å². The van der Waals surface area contributed by atoms with Crippen molar-refractivity contribution in [1.82, 2.24) is 5.32 Å². The van der Waals surface area contributed by atoms with Crippen molar-refractivity contribution in [3.8, 4) is 0 Å². The average molecular weight is 337 g/mol. The zero-order valence-electron chi connectivity index (χ0n) is 14.3. The summed E-state index contributed by atoms with van der Waals surface area (Å²) in [6, 6.07) is 7.46. The second-order valence-corrected chi connectivity index (χ2v) is 7.06. The van der Waals surface area contributed by atoms with Gasteiger partial charge < -0.3 is 16.4 Å². The van der Waals surface area contributed by atoms with Crippen LogP contribution in [0.3, 0.4) is 0 Å². The van der Waals surface area contributed by atoms with Crippen LogP contribution in [0.1, 0.15) is 40.5 Å². The topological polar surface area (TPSA) is 84.2 Å². The number of nitrogens with one attached hydrogen (secondary N) is 2. The van der Waals surface area contributed by atoms with Gasteiger partial charge in [0, 0.05) is 24.1 Å². The van der Waals surface area contributed by atoms with Crippen LogP contribution in [0.2, 0.25) is 0 Å². The lowest BCUT2D eigenvalue weighted by molar-refractivity contribution is -0.122. The third-order valence-electron chi connectivity index (χ3n) is 3.99. The normalized spacial score (nSPS) is 12.6. The molecule has 0 radical (unpaired) electrons. The van der Waals surface area contributed by atoms with E-state index in [4.69, 9.17) is 5.73 Å². The summed E-state index contributed by atoms with van der Waals surface area (Å²) < 4.78 is 0. The van der Waals surface area contributed by atoms with Crippen LogP contribution in [0.5, 0.6) is 0 Å². The molecule has 1 rings (SSSR count). The zero-order chi connectivity index (χ0) is 17.5. The molecule has 2 amide bonds. The molecule has 1 unspecified atom stereocenters. The van der Waals surface area contributed by atoms with E-state index in [2.05, 4.69) is 10.6 Å². The van der Waals surface area contributed by atoms with E-state index in [1.165, 1.54) is 18.7 Å². The maximum absolute atomic E-state index is 12.4. The van der Waals surface area contributed by atoms with Crippen molar-refractivity contribution >= 4 is 29.3 Å². The van der Waals surface area contributed by atoms with Crippen molar-refractivity contribution in [3.63, 3.8) is 0 Å². The molecule has 0 spiro atoms. The average Bonchev–Trinajstić information content (AvgIpc) is 2.54. The van der Waals surface area contributed by atoms with Crippen LogP contribution < -0.4 is 16.4 Å². The van der Waals surface area contributed by atoms with Crippen LogP contribution in [-0.4, -0.2) is 29.1 Å². The van der Waals surface area contributed by atoms with Gasteiger partial charge in [0.2, 0.25) is 11.8 Å². The van der Waals surface area contributed by atoms with E-state index in [0.717, 1.165) is 23.4 Å². The summed E-state index contributed by atoms with van der Waals surface area (Å²) in [4.78, 5) is 24.4. The number of anilines is 1. The van der Waals surface area contributed by atoms with Crippen LogP contribution >= 0.6 is 11.8 Å². The van der Waals surface area contributed by atoms with Gasteiger partial charge in [0.15, 0.2) is 0 Å². The Kier molecular flexibility index (Phi) is 7.58. The fraction of sp³-hybridized carbons (Fsp3) is 0.529. The molecule has 0 saturated heterocycles. The molecule has 1 aromatic rings. The lowest BCUT2D eigenvalue weighted by atomic mass is 9.93. The molecule has 0 aromatic heterocycles. The van der Waals surface area contributed by atoms with Crippen molar-refractivity contribution in [2.75, 3.05) is 11.9 Å². The van der Waals surface area contributed by atoms with Crippen LogP contribution in [0.15, 0.2) is 29.2 Å². The van der Waals surface area contributed by atoms with E-state index in [0.29, 0.717) is 6.54 Å². The van der Waals surface area contributed by atoms with Crippen LogP contribution in [-0.2, 0) is 9.59 Å². The van der Waals surface area contributed by atoms with Crippen molar-refractivity contribution < 1.29 is 9.59 Å². The minimum Gasteiger partial charge on any atom is -0.348 e. The van der Waals surface area contributed by atoms with Gasteiger partial charge in [-0.15, -0.1) is 11.8 Å². The maximum atomic E-state index is 12.4. The lowest BCUT2D eigenvalue weighted by Gasteiger charge is -2.32. The highest BCUT2D eigenvalue weighted by atomic mass is 32.2. The fourth-order valence-corrected chi connectivity index (χ4v) is 3.07. The van der Waals surface area contributed by atoms with E-state index in [-0.39, 0.29) is 22.6 Å². The number of hydrogen-bond acceptors (Lipinski definition) is 4. The Balaban J connectivity index is 2.66. The molecule has 23 heavy (non-hydrogen) atoms. The van der Waals surface area contributed by atoms with Crippen molar-refractivity contribution in [1.29, 1.82) is 0 Å². The molecular weight excluding hydrogens is 310 g/mol. The lowest BCUT2D eigenvalue weighted by Crippen LogP contribution is -2.54.